The van der Waals surface area contributed by atoms with Crippen LogP contribution in [0.5, 0.6) is 0 Å². The number of rotatable bonds is 5. The van der Waals surface area contributed by atoms with Crippen molar-refractivity contribution in [2.24, 2.45) is 0 Å². The van der Waals surface area contributed by atoms with Gasteiger partial charge in [-0.05, 0) is 37.4 Å². The lowest BCUT2D eigenvalue weighted by Gasteiger charge is -2.15. The number of furan rings is 1. The highest BCUT2D eigenvalue weighted by atomic mass is 35.5. The van der Waals surface area contributed by atoms with E-state index in [0.717, 1.165) is 5.76 Å². The third-order valence-corrected chi connectivity index (χ3v) is 3.19. The molecule has 20 heavy (non-hydrogen) atoms. The lowest BCUT2D eigenvalue weighted by Crippen LogP contribution is -2.29. The van der Waals surface area contributed by atoms with E-state index in [2.05, 4.69) is 5.32 Å². The molecule has 2 aromatic rings. The molecule has 0 aliphatic rings. The topological polar surface area (TPSA) is 45.5 Å². The lowest BCUT2D eigenvalue weighted by molar-refractivity contribution is -0.117. The highest BCUT2D eigenvalue weighted by Crippen LogP contribution is 2.25. The number of benzene rings is 1. The SMILES string of the molecule is CN(CC(=O)Nc1cc(Cl)ccc1Cl)Cc1ccco1. The maximum atomic E-state index is 11.9. The van der Waals surface area contributed by atoms with Crippen molar-refractivity contribution in [1.29, 1.82) is 0 Å². The van der Waals surface area contributed by atoms with Crippen LogP contribution in [-0.4, -0.2) is 24.4 Å². The molecule has 1 amide bonds. The fraction of sp³-hybridized carbons (Fsp3) is 0.214. The van der Waals surface area contributed by atoms with E-state index in [1.54, 1.807) is 24.5 Å². The van der Waals surface area contributed by atoms with Crippen LogP contribution < -0.4 is 5.32 Å². The van der Waals surface area contributed by atoms with E-state index in [9.17, 15) is 4.79 Å². The largest absolute Gasteiger partial charge is 0.468 e. The highest BCUT2D eigenvalue weighted by Gasteiger charge is 2.10. The van der Waals surface area contributed by atoms with Crippen LogP contribution in [0.4, 0.5) is 5.69 Å². The first-order valence-corrected chi connectivity index (χ1v) is 6.76. The minimum atomic E-state index is -0.164. The van der Waals surface area contributed by atoms with Crippen molar-refractivity contribution in [2.75, 3.05) is 18.9 Å². The van der Waals surface area contributed by atoms with Crippen LogP contribution in [0.15, 0.2) is 41.0 Å². The quantitative estimate of drug-likeness (QED) is 0.916. The molecule has 4 nitrogen and oxygen atoms in total. The number of hydrogen-bond acceptors (Lipinski definition) is 3. The number of nitrogens with zero attached hydrogens (tertiary/aromatic N) is 1. The molecule has 0 bridgehead atoms. The van der Waals surface area contributed by atoms with Gasteiger partial charge in [0.05, 0.1) is 30.1 Å². The summed E-state index contributed by atoms with van der Waals surface area (Å²) in [5.74, 6) is 0.643. The van der Waals surface area contributed by atoms with E-state index < -0.39 is 0 Å². The van der Waals surface area contributed by atoms with Gasteiger partial charge in [0.25, 0.3) is 0 Å². The average Bonchev–Trinajstić information content (AvgIpc) is 2.86. The van der Waals surface area contributed by atoms with Crippen LogP contribution in [0.25, 0.3) is 0 Å². The second-order valence-corrected chi connectivity index (χ2v) is 5.27. The van der Waals surface area contributed by atoms with Crippen molar-refractivity contribution in [2.45, 2.75) is 6.54 Å². The molecular weight excluding hydrogens is 299 g/mol. The fourth-order valence-corrected chi connectivity index (χ4v) is 2.09. The van der Waals surface area contributed by atoms with Crippen molar-refractivity contribution in [3.05, 3.63) is 52.4 Å². The number of likely N-dealkylation sites (N-methyl/N-ethyl adjacent to an activating group) is 1. The minimum Gasteiger partial charge on any atom is -0.468 e. The Morgan fingerprint density at radius 1 is 1.35 bits per heavy atom. The smallest absolute Gasteiger partial charge is 0.238 e. The Morgan fingerprint density at radius 3 is 2.85 bits per heavy atom. The summed E-state index contributed by atoms with van der Waals surface area (Å²) in [7, 11) is 1.83. The molecule has 0 spiro atoms. The molecule has 0 saturated carbocycles. The Bertz CT molecular complexity index is 585. The van der Waals surface area contributed by atoms with E-state index in [4.69, 9.17) is 27.6 Å². The van der Waals surface area contributed by atoms with Gasteiger partial charge in [-0.3, -0.25) is 9.69 Å². The van der Waals surface area contributed by atoms with Crippen molar-refractivity contribution in [3.63, 3.8) is 0 Å². The van der Waals surface area contributed by atoms with Gasteiger partial charge in [-0.1, -0.05) is 23.2 Å². The van der Waals surface area contributed by atoms with Gasteiger partial charge in [-0.2, -0.15) is 0 Å². The monoisotopic (exact) mass is 312 g/mol. The zero-order valence-electron chi connectivity index (χ0n) is 10.9. The summed E-state index contributed by atoms with van der Waals surface area (Å²) in [5, 5.41) is 3.71. The first-order chi connectivity index (χ1) is 9.54. The summed E-state index contributed by atoms with van der Waals surface area (Å²) in [6, 6.07) is 8.61. The van der Waals surface area contributed by atoms with E-state index in [0.29, 0.717) is 22.3 Å². The summed E-state index contributed by atoms with van der Waals surface area (Å²) in [6.07, 6.45) is 1.61. The number of amides is 1. The summed E-state index contributed by atoms with van der Waals surface area (Å²) >= 11 is 11.9. The molecule has 0 unspecified atom stereocenters. The molecular formula is C14H14Cl2N2O2. The summed E-state index contributed by atoms with van der Waals surface area (Å²) < 4.78 is 5.23. The van der Waals surface area contributed by atoms with Crippen LogP contribution in [0, 0.1) is 0 Å². The Hall–Kier alpha value is -1.49. The molecule has 1 aromatic heterocycles. The van der Waals surface area contributed by atoms with Gasteiger partial charge < -0.3 is 9.73 Å². The number of halogens is 2. The first-order valence-electron chi connectivity index (χ1n) is 6.00. The van der Waals surface area contributed by atoms with Crippen molar-refractivity contribution in [1.82, 2.24) is 4.90 Å². The molecule has 0 fully saturated rings. The molecule has 0 atom stereocenters. The van der Waals surface area contributed by atoms with E-state index in [1.807, 2.05) is 24.1 Å². The van der Waals surface area contributed by atoms with Gasteiger partial charge >= 0.3 is 0 Å². The predicted octanol–water partition coefficient (Wildman–Crippen LogP) is 3.66. The third kappa shape index (κ3) is 4.27. The van der Waals surface area contributed by atoms with E-state index >= 15 is 0 Å². The summed E-state index contributed by atoms with van der Waals surface area (Å²) in [5.41, 5.74) is 0.510. The van der Waals surface area contributed by atoms with Crippen molar-refractivity contribution >= 4 is 34.8 Å². The van der Waals surface area contributed by atoms with Crippen LogP contribution in [0.3, 0.4) is 0 Å². The van der Waals surface area contributed by atoms with Gasteiger partial charge in [0.1, 0.15) is 5.76 Å². The summed E-state index contributed by atoms with van der Waals surface area (Å²) in [6.45, 7) is 0.785. The Balaban J connectivity index is 1.90. The number of hydrogen-bond donors (Lipinski definition) is 1. The molecule has 0 radical (unpaired) electrons. The molecule has 1 heterocycles. The van der Waals surface area contributed by atoms with E-state index in [1.165, 1.54) is 0 Å². The number of nitrogens with one attached hydrogen (secondary N) is 1. The Morgan fingerprint density at radius 2 is 2.15 bits per heavy atom. The zero-order chi connectivity index (χ0) is 14.5. The van der Waals surface area contributed by atoms with Crippen molar-refractivity contribution < 1.29 is 9.21 Å². The zero-order valence-corrected chi connectivity index (χ0v) is 12.4. The number of anilines is 1. The van der Waals surface area contributed by atoms with Crippen LogP contribution in [-0.2, 0) is 11.3 Å². The minimum absolute atomic E-state index is 0.164. The van der Waals surface area contributed by atoms with Gasteiger partial charge in [-0.25, -0.2) is 0 Å². The standard InChI is InChI=1S/C14H14Cl2N2O2/c1-18(8-11-3-2-6-20-11)9-14(19)17-13-7-10(15)4-5-12(13)16/h2-7H,8-9H2,1H3,(H,17,19). The number of carbonyl (C=O) groups excluding carboxylic acids is 1. The maximum absolute atomic E-state index is 11.9. The molecule has 0 saturated heterocycles. The molecule has 0 aliphatic heterocycles. The van der Waals surface area contributed by atoms with Gasteiger partial charge in [0.15, 0.2) is 0 Å². The Kier molecular flexibility index (Phi) is 5.06. The average molecular weight is 313 g/mol. The molecule has 6 heteroatoms. The molecule has 1 aromatic carbocycles. The predicted molar refractivity (Wildman–Crippen MR) is 80.1 cm³/mol. The normalized spacial score (nSPS) is 10.8. The highest BCUT2D eigenvalue weighted by molar-refractivity contribution is 6.35. The van der Waals surface area contributed by atoms with Crippen LogP contribution in [0.1, 0.15) is 5.76 Å². The third-order valence-electron chi connectivity index (χ3n) is 2.62. The molecule has 0 aliphatic carbocycles. The second kappa shape index (κ2) is 6.79. The number of carbonyl (C=O) groups is 1. The first kappa shape index (κ1) is 14.9. The second-order valence-electron chi connectivity index (χ2n) is 4.42. The maximum Gasteiger partial charge on any atom is 0.238 e. The van der Waals surface area contributed by atoms with Gasteiger partial charge in [0, 0.05) is 5.02 Å². The molecule has 2 rings (SSSR count). The van der Waals surface area contributed by atoms with Crippen LogP contribution >= 0.6 is 23.2 Å². The summed E-state index contributed by atoms with van der Waals surface area (Å²) in [4.78, 5) is 13.8. The molecule has 1 N–H and O–H groups in total. The van der Waals surface area contributed by atoms with Gasteiger partial charge in [-0.15, -0.1) is 0 Å². The fourth-order valence-electron chi connectivity index (χ4n) is 1.75. The van der Waals surface area contributed by atoms with E-state index in [-0.39, 0.29) is 12.5 Å². The van der Waals surface area contributed by atoms with Crippen LogP contribution in [0.2, 0.25) is 10.0 Å². The Labute approximate surface area is 127 Å². The van der Waals surface area contributed by atoms with Gasteiger partial charge in [0.2, 0.25) is 5.91 Å². The molecule has 106 valence electrons. The lowest BCUT2D eigenvalue weighted by atomic mass is 10.3. The van der Waals surface area contributed by atoms with Crippen molar-refractivity contribution in [3.8, 4) is 0 Å².